The molecule has 1 unspecified atom stereocenters. The highest BCUT2D eigenvalue weighted by molar-refractivity contribution is 7.99. The first-order valence-corrected chi connectivity index (χ1v) is 7.71. The van der Waals surface area contributed by atoms with Crippen molar-refractivity contribution in [2.24, 2.45) is 11.8 Å². The lowest BCUT2D eigenvalue weighted by Gasteiger charge is -2.20. The highest BCUT2D eigenvalue weighted by Gasteiger charge is 2.25. The number of carbonyl (C=O) groups excluding carboxylic acids is 1. The molecule has 1 aromatic carbocycles. The minimum atomic E-state index is -1.03. The van der Waals surface area contributed by atoms with E-state index in [-0.39, 0.29) is 23.6 Å². The van der Waals surface area contributed by atoms with Gasteiger partial charge in [0.2, 0.25) is 5.91 Å². The Labute approximate surface area is 128 Å². The summed E-state index contributed by atoms with van der Waals surface area (Å²) in [6.07, 6.45) is 0. The van der Waals surface area contributed by atoms with Gasteiger partial charge in [0, 0.05) is 16.6 Å². The first kappa shape index (κ1) is 17.5. The van der Waals surface area contributed by atoms with E-state index in [0.717, 1.165) is 4.90 Å². The molecule has 0 aromatic heterocycles. The van der Waals surface area contributed by atoms with E-state index in [4.69, 9.17) is 5.11 Å². The third-order valence-electron chi connectivity index (χ3n) is 2.99. The van der Waals surface area contributed by atoms with Crippen molar-refractivity contribution in [3.63, 3.8) is 0 Å². The van der Waals surface area contributed by atoms with Gasteiger partial charge in [-0.2, -0.15) is 0 Å². The fourth-order valence-electron chi connectivity index (χ4n) is 1.64. The average Bonchev–Trinajstić information content (AvgIpc) is 2.42. The summed E-state index contributed by atoms with van der Waals surface area (Å²) in [7, 11) is 0. The number of carboxylic acid groups (broad SMARTS) is 1. The van der Waals surface area contributed by atoms with E-state index in [1.54, 1.807) is 32.9 Å². The lowest BCUT2D eigenvalue weighted by Crippen LogP contribution is -2.46. The van der Waals surface area contributed by atoms with E-state index in [2.05, 4.69) is 5.32 Å². The van der Waals surface area contributed by atoms with Crippen molar-refractivity contribution in [2.45, 2.75) is 31.7 Å². The zero-order valence-electron chi connectivity index (χ0n) is 12.3. The molecule has 6 heteroatoms. The molecule has 0 spiro atoms. The van der Waals surface area contributed by atoms with Crippen molar-refractivity contribution in [1.29, 1.82) is 0 Å². The summed E-state index contributed by atoms with van der Waals surface area (Å²) in [6.45, 7) is 5.24. The van der Waals surface area contributed by atoms with Crippen molar-refractivity contribution >= 4 is 23.6 Å². The molecule has 4 nitrogen and oxygen atoms in total. The Morgan fingerprint density at radius 3 is 2.29 bits per heavy atom. The standard InChI is InChI=1S/C15H20FNO3S/c1-9(2)13(15(19)20)17-14(18)10(3)8-21-12-6-4-11(16)5-7-12/h4-7,9-10,13H,8H2,1-3H3,(H,17,18)(H,19,20)/t10?,13-/m1/s1. The van der Waals surface area contributed by atoms with Gasteiger partial charge in [-0.25, -0.2) is 9.18 Å². The molecular formula is C15H20FNO3S. The summed E-state index contributed by atoms with van der Waals surface area (Å²) >= 11 is 1.43. The lowest BCUT2D eigenvalue weighted by molar-refractivity contribution is -0.143. The van der Waals surface area contributed by atoms with Crippen molar-refractivity contribution in [1.82, 2.24) is 5.32 Å². The summed E-state index contributed by atoms with van der Waals surface area (Å²) in [6, 6.07) is 5.16. The summed E-state index contributed by atoms with van der Waals surface area (Å²) in [5, 5.41) is 11.6. The maximum Gasteiger partial charge on any atom is 0.326 e. The second-order valence-corrected chi connectivity index (χ2v) is 6.33. The Morgan fingerprint density at radius 1 is 1.24 bits per heavy atom. The van der Waals surface area contributed by atoms with Crippen molar-refractivity contribution in [3.8, 4) is 0 Å². The second-order valence-electron chi connectivity index (χ2n) is 5.23. The quantitative estimate of drug-likeness (QED) is 0.760. The first-order valence-electron chi connectivity index (χ1n) is 6.72. The van der Waals surface area contributed by atoms with Crippen molar-refractivity contribution in [2.75, 3.05) is 5.75 Å². The number of hydrogen-bond acceptors (Lipinski definition) is 3. The molecule has 116 valence electrons. The Balaban J connectivity index is 2.50. The molecule has 0 fully saturated rings. The highest BCUT2D eigenvalue weighted by Crippen LogP contribution is 2.21. The van der Waals surface area contributed by atoms with E-state index in [1.165, 1.54) is 23.9 Å². The van der Waals surface area contributed by atoms with Gasteiger partial charge in [0.25, 0.3) is 0 Å². The molecule has 0 heterocycles. The van der Waals surface area contributed by atoms with Crippen LogP contribution in [0.5, 0.6) is 0 Å². The van der Waals surface area contributed by atoms with Crippen LogP contribution in [0.4, 0.5) is 4.39 Å². The number of carboxylic acids is 1. The summed E-state index contributed by atoms with van der Waals surface area (Å²) < 4.78 is 12.8. The van der Waals surface area contributed by atoms with Crippen LogP contribution < -0.4 is 5.32 Å². The molecule has 2 atom stereocenters. The van der Waals surface area contributed by atoms with Crippen LogP contribution in [0.15, 0.2) is 29.2 Å². The van der Waals surface area contributed by atoms with Crippen molar-refractivity contribution in [3.05, 3.63) is 30.1 Å². The fraction of sp³-hybridized carbons (Fsp3) is 0.467. The molecule has 0 saturated heterocycles. The lowest BCUT2D eigenvalue weighted by atomic mass is 10.0. The second kappa shape index (κ2) is 8.02. The number of nitrogens with one attached hydrogen (secondary N) is 1. The topological polar surface area (TPSA) is 66.4 Å². The monoisotopic (exact) mass is 313 g/mol. The first-order chi connectivity index (χ1) is 9.81. The number of halogens is 1. The minimum Gasteiger partial charge on any atom is -0.480 e. The van der Waals surface area contributed by atoms with Gasteiger partial charge < -0.3 is 10.4 Å². The highest BCUT2D eigenvalue weighted by atomic mass is 32.2. The number of benzene rings is 1. The van der Waals surface area contributed by atoms with Crippen LogP contribution in [-0.2, 0) is 9.59 Å². The molecule has 0 aliphatic heterocycles. The Bertz CT molecular complexity index is 490. The van der Waals surface area contributed by atoms with Gasteiger partial charge in [0.15, 0.2) is 0 Å². The van der Waals surface area contributed by atoms with E-state index in [1.807, 2.05) is 0 Å². The molecule has 21 heavy (non-hydrogen) atoms. The number of rotatable bonds is 7. The molecule has 1 amide bonds. The largest absolute Gasteiger partial charge is 0.480 e. The smallest absolute Gasteiger partial charge is 0.326 e. The number of thioether (sulfide) groups is 1. The predicted octanol–water partition coefficient (Wildman–Crippen LogP) is 2.78. The van der Waals surface area contributed by atoms with E-state index in [9.17, 15) is 14.0 Å². The van der Waals surface area contributed by atoms with E-state index in [0.29, 0.717) is 5.75 Å². The van der Waals surface area contributed by atoms with Crippen LogP contribution in [0, 0.1) is 17.7 Å². The van der Waals surface area contributed by atoms with Gasteiger partial charge in [0.05, 0.1) is 0 Å². The van der Waals surface area contributed by atoms with Crippen molar-refractivity contribution < 1.29 is 19.1 Å². The van der Waals surface area contributed by atoms with Crippen LogP contribution in [0.1, 0.15) is 20.8 Å². The SMILES string of the molecule is CC(CSc1ccc(F)cc1)C(=O)N[C@@H](C(=O)O)C(C)C. The third-order valence-corrected chi connectivity index (χ3v) is 4.26. The molecule has 2 N–H and O–H groups in total. The Kier molecular flexibility index (Phi) is 6.68. The van der Waals surface area contributed by atoms with Crippen LogP contribution in [0.2, 0.25) is 0 Å². The van der Waals surface area contributed by atoms with Crippen LogP contribution in [-0.4, -0.2) is 28.8 Å². The van der Waals surface area contributed by atoms with Crippen LogP contribution in [0.25, 0.3) is 0 Å². The maximum absolute atomic E-state index is 12.8. The zero-order valence-corrected chi connectivity index (χ0v) is 13.1. The van der Waals surface area contributed by atoms with Gasteiger partial charge in [-0.3, -0.25) is 4.79 Å². The summed E-state index contributed by atoms with van der Waals surface area (Å²) in [4.78, 5) is 23.9. The van der Waals surface area contributed by atoms with Gasteiger partial charge in [-0.05, 0) is 30.2 Å². The van der Waals surface area contributed by atoms with Gasteiger partial charge in [-0.15, -0.1) is 11.8 Å². The minimum absolute atomic E-state index is 0.177. The Hall–Kier alpha value is -1.56. The molecule has 0 bridgehead atoms. The molecule has 1 aromatic rings. The third kappa shape index (κ3) is 5.75. The molecule has 0 saturated carbocycles. The Morgan fingerprint density at radius 2 is 1.81 bits per heavy atom. The maximum atomic E-state index is 12.8. The number of carbonyl (C=O) groups is 2. The zero-order chi connectivity index (χ0) is 16.0. The van der Waals surface area contributed by atoms with Gasteiger partial charge >= 0.3 is 5.97 Å². The van der Waals surface area contributed by atoms with E-state index < -0.39 is 12.0 Å². The van der Waals surface area contributed by atoms with Crippen LogP contribution >= 0.6 is 11.8 Å². The fourth-order valence-corrected chi connectivity index (χ4v) is 2.56. The molecular weight excluding hydrogens is 293 g/mol. The van der Waals surface area contributed by atoms with Gasteiger partial charge in [0.1, 0.15) is 11.9 Å². The average molecular weight is 313 g/mol. The normalized spacial score (nSPS) is 13.8. The number of aliphatic carboxylic acids is 1. The molecule has 0 radical (unpaired) electrons. The van der Waals surface area contributed by atoms with E-state index >= 15 is 0 Å². The summed E-state index contributed by atoms with van der Waals surface area (Å²) in [5.74, 6) is -1.63. The predicted molar refractivity (Wildman–Crippen MR) is 80.7 cm³/mol. The number of hydrogen-bond donors (Lipinski definition) is 2. The molecule has 0 aliphatic rings. The van der Waals surface area contributed by atoms with Crippen LogP contribution in [0.3, 0.4) is 0 Å². The molecule has 1 rings (SSSR count). The van der Waals surface area contributed by atoms with Gasteiger partial charge in [-0.1, -0.05) is 20.8 Å². The number of amides is 1. The molecule has 0 aliphatic carbocycles. The summed E-state index contributed by atoms with van der Waals surface area (Å²) in [5.41, 5.74) is 0.